The quantitative estimate of drug-likeness (QED) is 0.249. The zero-order valence-corrected chi connectivity index (χ0v) is 20.2. The van der Waals surface area contributed by atoms with E-state index < -0.39 is 0 Å². The van der Waals surface area contributed by atoms with Crippen molar-refractivity contribution in [2.45, 2.75) is 13.3 Å². The van der Waals surface area contributed by atoms with E-state index in [-0.39, 0.29) is 5.91 Å². The number of nitrogens with one attached hydrogen (secondary N) is 1. The second-order valence-electron chi connectivity index (χ2n) is 8.01. The van der Waals surface area contributed by atoms with Gasteiger partial charge in [-0.15, -0.1) is 0 Å². The SMILES string of the molecule is CC/C(=C(\c1ccccc1)c1ccc(OCCNC/C=C/C(=O)N(C)C)nc1)c1ccccc1. The van der Waals surface area contributed by atoms with E-state index in [9.17, 15) is 4.79 Å². The maximum absolute atomic E-state index is 11.5. The summed E-state index contributed by atoms with van der Waals surface area (Å²) >= 11 is 0. The number of amides is 1. The molecule has 0 spiro atoms. The van der Waals surface area contributed by atoms with Gasteiger partial charge < -0.3 is 15.0 Å². The molecule has 0 aliphatic rings. The van der Waals surface area contributed by atoms with Crippen LogP contribution in [0.3, 0.4) is 0 Å². The molecular formula is C29H33N3O2. The molecule has 2 aromatic carbocycles. The lowest BCUT2D eigenvalue weighted by Crippen LogP contribution is -2.22. The molecule has 1 amide bonds. The van der Waals surface area contributed by atoms with Gasteiger partial charge in [-0.2, -0.15) is 0 Å². The van der Waals surface area contributed by atoms with Crippen molar-refractivity contribution >= 4 is 17.1 Å². The molecule has 0 bridgehead atoms. The molecule has 1 heterocycles. The van der Waals surface area contributed by atoms with Gasteiger partial charge in [-0.05, 0) is 34.8 Å². The molecule has 0 saturated carbocycles. The molecule has 0 atom stereocenters. The van der Waals surface area contributed by atoms with Crippen molar-refractivity contribution in [3.63, 3.8) is 0 Å². The molecule has 1 N–H and O–H groups in total. The Morgan fingerprint density at radius 1 is 0.941 bits per heavy atom. The number of ether oxygens (including phenoxy) is 1. The summed E-state index contributed by atoms with van der Waals surface area (Å²) in [6.07, 6.45) is 6.17. The third-order valence-corrected chi connectivity index (χ3v) is 5.36. The van der Waals surface area contributed by atoms with Crippen LogP contribution < -0.4 is 10.1 Å². The van der Waals surface area contributed by atoms with Gasteiger partial charge in [0.2, 0.25) is 11.8 Å². The van der Waals surface area contributed by atoms with E-state index in [0.717, 1.165) is 12.0 Å². The average Bonchev–Trinajstić information content (AvgIpc) is 2.88. The molecule has 0 saturated heterocycles. The molecule has 0 aliphatic carbocycles. The second kappa shape index (κ2) is 13.1. The summed E-state index contributed by atoms with van der Waals surface area (Å²) in [6.45, 7) is 3.95. The summed E-state index contributed by atoms with van der Waals surface area (Å²) in [5.74, 6) is 0.568. The molecule has 3 rings (SSSR count). The van der Waals surface area contributed by atoms with Crippen molar-refractivity contribution in [3.8, 4) is 5.88 Å². The van der Waals surface area contributed by atoms with Gasteiger partial charge in [0.25, 0.3) is 0 Å². The largest absolute Gasteiger partial charge is 0.476 e. The maximum atomic E-state index is 11.5. The Morgan fingerprint density at radius 3 is 2.21 bits per heavy atom. The van der Waals surface area contributed by atoms with Crippen LogP contribution in [-0.4, -0.2) is 49.6 Å². The second-order valence-corrected chi connectivity index (χ2v) is 8.01. The van der Waals surface area contributed by atoms with Crippen molar-refractivity contribution in [1.82, 2.24) is 15.2 Å². The summed E-state index contributed by atoms with van der Waals surface area (Å²) in [5, 5.41) is 3.22. The molecule has 3 aromatic rings. The first-order valence-corrected chi connectivity index (χ1v) is 11.6. The number of hydrogen-bond acceptors (Lipinski definition) is 4. The minimum Gasteiger partial charge on any atom is -0.476 e. The highest BCUT2D eigenvalue weighted by molar-refractivity contribution is 5.98. The fourth-order valence-corrected chi connectivity index (χ4v) is 3.62. The zero-order valence-electron chi connectivity index (χ0n) is 20.2. The average molecular weight is 456 g/mol. The first-order chi connectivity index (χ1) is 16.6. The van der Waals surface area contributed by atoms with Crippen LogP contribution in [0.5, 0.6) is 5.88 Å². The molecule has 1 aromatic heterocycles. The van der Waals surface area contributed by atoms with E-state index in [1.165, 1.54) is 27.2 Å². The standard InChI is InChI=1S/C29H33N3O2/c1-4-26(23-12-7-5-8-13-23)29(24-14-9-6-10-15-24)25-17-18-27(31-22-25)34-21-20-30-19-11-16-28(33)32(2)3/h5-18,22,30H,4,19-21H2,1-3H3/b16-11+,29-26-. The lowest BCUT2D eigenvalue weighted by Gasteiger charge is -2.16. The van der Waals surface area contributed by atoms with Gasteiger partial charge >= 0.3 is 0 Å². The smallest absolute Gasteiger partial charge is 0.245 e. The van der Waals surface area contributed by atoms with Crippen LogP contribution in [0.1, 0.15) is 30.0 Å². The van der Waals surface area contributed by atoms with Crippen molar-refractivity contribution in [3.05, 3.63) is 108 Å². The van der Waals surface area contributed by atoms with Crippen molar-refractivity contribution in [2.24, 2.45) is 0 Å². The molecule has 5 heteroatoms. The van der Waals surface area contributed by atoms with Gasteiger partial charge in [0.05, 0.1) is 0 Å². The number of nitrogens with zero attached hydrogens (tertiary/aromatic N) is 2. The van der Waals surface area contributed by atoms with Crippen LogP contribution in [-0.2, 0) is 4.79 Å². The third-order valence-electron chi connectivity index (χ3n) is 5.36. The molecule has 0 aliphatic heterocycles. The highest BCUT2D eigenvalue weighted by Gasteiger charge is 2.13. The van der Waals surface area contributed by atoms with Gasteiger partial charge in [0.15, 0.2) is 0 Å². The Hall–Kier alpha value is -3.70. The molecule has 5 nitrogen and oxygen atoms in total. The van der Waals surface area contributed by atoms with Crippen LogP contribution in [0.4, 0.5) is 0 Å². The number of rotatable bonds is 11. The monoisotopic (exact) mass is 455 g/mol. The molecule has 0 unspecified atom stereocenters. The van der Waals surface area contributed by atoms with E-state index in [1.54, 1.807) is 20.2 Å². The molecular weight excluding hydrogens is 422 g/mol. The summed E-state index contributed by atoms with van der Waals surface area (Å²) in [7, 11) is 3.46. The Balaban J connectivity index is 1.68. The predicted molar refractivity (Wildman–Crippen MR) is 140 cm³/mol. The van der Waals surface area contributed by atoms with Crippen LogP contribution in [0.15, 0.2) is 91.1 Å². The summed E-state index contributed by atoms with van der Waals surface area (Å²) in [5.41, 5.74) is 5.93. The number of allylic oxidation sites excluding steroid dienone is 1. The first-order valence-electron chi connectivity index (χ1n) is 11.6. The normalized spacial score (nSPS) is 11.9. The highest BCUT2D eigenvalue weighted by atomic mass is 16.5. The van der Waals surface area contributed by atoms with E-state index >= 15 is 0 Å². The summed E-state index contributed by atoms with van der Waals surface area (Å²) in [4.78, 5) is 17.6. The van der Waals surface area contributed by atoms with Gasteiger partial charge in [0, 0.05) is 51.1 Å². The Labute approximate surface area is 202 Å². The Bertz CT molecular complexity index is 1090. The van der Waals surface area contributed by atoms with Crippen molar-refractivity contribution in [1.29, 1.82) is 0 Å². The Morgan fingerprint density at radius 2 is 1.62 bits per heavy atom. The number of aromatic nitrogens is 1. The summed E-state index contributed by atoms with van der Waals surface area (Å²) < 4.78 is 5.79. The van der Waals surface area contributed by atoms with E-state index in [2.05, 4.69) is 71.8 Å². The van der Waals surface area contributed by atoms with Crippen LogP contribution >= 0.6 is 0 Å². The third kappa shape index (κ3) is 7.15. The van der Waals surface area contributed by atoms with E-state index in [1.807, 2.05) is 30.5 Å². The molecule has 0 fully saturated rings. The number of carbonyl (C=O) groups excluding carboxylic acids is 1. The number of likely N-dealkylation sites (N-methyl/N-ethyl adjacent to an activating group) is 1. The molecule has 176 valence electrons. The molecule has 34 heavy (non-hydrogen) atoms. The van der Waals surface area contributed by atoms with E-state index in [0.29, 0.717) is 25.6 Å². The number of pyridine rings is 1. The summed E-state index contributed by atoms with van der Waals surface area (Å²) in [6, 6.07) is 25.0. The zero-order chi connectivity index (χ0) is 24.2. The van der Waals surface area contributed by atoms with Gasteiger partial charge in [0.1, 0.15) is 6.61 Å². The Kier molecular flexibility index (Phi) is 9.62. The van der Waals surface area contributed by atoms with E-state index in [4.69, 9.17) is 4.74 Å². The first kappa shape index (κ1) is 24.9. The van der Waals surface area contributed by atoms with Crippen LogP contribution in [0.25, 0.3) is 11.1 Å². The van der Waals surface area contributed by atoms with Crippen molar-refractivity contribution < 1.29 is 9.53 Å². The highest BCUT2D eigenvalue weighted by Crippen LogP contribution is 2.34. The number of carbonyl (C=O) groups is 1. The topological polar surface area (TPSA) is 54.5 Å². The van der Waals surface area contributed by atoms with Crippen LogP contribution in [0.2, 0.25) is 0 Å². The van der Waals surface area contributed by atoms with Crippen LogP contribution in [0, 0.1) is 0 Å². The minimum absolute atomic E-state index is 0.0234. The predicted octanol–water partition coefficient (Wildman–Crippen LogP) is 5.06. The number of benzene rings is 2. The lowest BCUT2D eigenvalue weighted by atomic mass is 9.89. The van der Waals surface area contributed by atoms with Crippen molar-refractivity contribution in [2.75, 3.05) is 33.8 Å². The fraction of sp³-hybridized carbons (Fsp3) is 0.241. The van der Waals surface area contributed by atoms with Gasteiger partial charge in [-0.1, -0.05) is 73.7 Å². The fourth-order valence-electron chi connectivity index (χ4n) is 3.62. The van der Waals surface area contributed by atoms with Gasteiger partial charge in [-0.25, -0.2) is 4.98 Å². The lowest BCUT2D eigenvalue weighted by molar-refractivity contribution is -0.123. The number of hydrogen-bond donors (Lipinski definition) is 1. The van der Waals surface area contributed by atoms with Gasteiger partial charge in [-0.3, -0.25) is 4.79 Å². The maximum Gasteiger partial charge on any atom is 0.245 e. The molecule has 0 radical (unpaired) electrons. The minimum atomic E-state index is -0.0234.